The average molecular weight is 495 g/mol. The van der Waals surface area contributed by atoms with Crippen molar-refractivity contribution in [3.05, 3.63) is 71.0 Å². The number of amides is 1. The van der Waals surface area contributed by atoms with E-state index >= 15 is 0 Å². The normalized spacial score (nSPS) is 14.4. The molecule has 0 bridgehead atoms. The molecule has 36 heavy (non-hydrogen) atoms. The van der Waals surface area contributed by atoms with Gasteiger partial charge >= 0.3 is 6.18 Å². The van der Waals surface area contributed by atoms with E-state index in [1.54, 1.807) is 6.92 Å². The van der Waals surface area contributed by atoms with Gasteiger partial charge in [0.15, 0.2) is 5.65 Å². The SMILES string of the molecule is Cc1ccc(C(F)(F)F)cc1C(=O)NCc1ccc(-c2nn(C3CCCC3)c3ncnc(N)c23)cc1. The Morgan fingerprint density at radius 1 is 1.11 bits per heavy atom. The Kier molecular flexibility index (Phi) is 6.11. The van der Waals surface area contributed by atoms with Gasteiger partial charge < -0.3 is 11.1 Å². The molecule has 2 heterocycles. The zero-order chi connectivity index (χ0) is 25.4. The van der Waals surface area contributed by atoms with Crippen LogP contribution in [-0.4, -0.2) is 25.7 Å². The summed E-state index contributed by atoms with van der Waals surface area (Å²) in [6.45, 7) is 1.77. The zero-order valence-corrected chi connectivity index (χ0v) is 19.6. The molecule has 10 heteroatoms. The van der Waals surface area contributed by atoms with Crippen molar-refractivity contribution in [2.24, 2.45) is 0 Å². The van der Waals surface area contributed by atoms with Gasteiger partial charge in [0.1, 0.15) is 17.8 Å². The van der Waals surface area contributed by atoms with E-state index in [0.29, 0.717) is 22.5 Å². The minimum Gasteiger partial charge on any atom is -0.383 e. The van der Waals surface area contributed by atoms with E-state index in [0.717, 1.165) is 54.6 Å². The van der Waals surface area contributed by atoms with E-state index in [9.17, 15) is 18.0 Å². The van der Waals surface area contributed by atoms with Crippen LogP contribution in [-0.2, 0) is 12.7 Å². The lowest BCUT2D eigenvalue weighted by Gasteiger charge is -2.12. The number of rotatable bonds is 5. The number of aromatic nitrogens is 4. The minimum atomic E-state index is -4.51. The molecule has 2 aromatic carbocycles. The van der Waals surface area contributed by atoms with Gasteiger partial charge in [-0.3, -0.25) is 4.79 Å². The summed E-state index contributed by atoms with van der Waals surface area (Å²) in [7, 11) is 0. The van der Waals surface area contributed by atoms with Crippen molar-refractivity contribution in [2.75, 3.05) is 5.73 Å². The average Bonchev–Trinajstić information content (AvgIpc) is 3.51. The largest absolute Gasteiger partial charge is 0.416 e. The first-order valence-corrected chi connectivity index (χ1v) is 11.8. The maximum absolute atomic E-state index is 13.0. The van der Waals surface area contributed by atoms with Gasteiger partial charge in [0.2, 0.25) is 0 Å². The van der Waals surface area contributed by atoms with E-state index in [4.69, 9.17) is 10.8 Å². The smallest absolute Gasteiger partial charge is 0.383 e. The second-order valence-corrected chi connectivity index (χ2v) is 9.10. The summed E-state index contributed by atoms with van der Waals surface area (Å²) in [5, 5.41) is 8.28. The number of carbonyl (C=O) groups excluding carboxylic acids is 1. The predicted octanol–water partition coefficient (Wildman–Crippen LogP) is 5.45. The van der Waals surface area contributed by atoms with Crippen LogP contribution in [0.4, 0.5) is 19.0 Å². The first kappa shape index (κ1) is 23.8. The molecule has 1 amide bonds. The van der Waals surface area contributed by atoms with Crippen molar-refractivity contribution in [1.29, 1.82) is 0 Å². The highest BCUT2D eigenvalue weighted by atomic mass is 19.4. The van der Waals surface area contributed by atoms with Crippen LogP contribution in [0.1, 0.15) is 58.8 Å². The van der Waals surface area contributed by atoms with E-state index in [-0.39, 0.29) is 18.2 Å². The lowest BCUT2D eigenvalue weighted by Crippen LogP contribution is -2.24. The van der Waals surface area contributed by atoms with Crippen LogP contribution in [0.2, 0.25) is 0 Å². The summed E-state index contributed by atoms with van der Waals surface area (Å²) in [5.74, 6) is -0.194. The van der Waals surface area contributed by atoms with Gasteiger partial charge in [-0.1, -0.05) is 43.2 Å². The molecular weight excluding hydrogens is 469 g/mol. The fraction of sp³-hybridized carbons (Fsp3) is 0.308. The summed E-state index contributed by atoms with van der Waals surface area (Å²) in [4.78, 5) is 21.2. The molecule has 5 rings (SSSR count). The van der Waals surface area contributed by atoms with Crippen LogP contribution >= 0.6 is 0 Å². The van der Waals surface area contributed by atoms with Crippen LogP contribution in [0.25, 0.3) is 22.3 Å². The fourth-order valence-corrected chi connectivity index (χ4v) is 4.70. The number of nitrogen functional groups attached to an aromatic ring is 1. The van der Waals surface area contributed by atoms with E-state index in [2.05, 4.69) is 15.3 Å². The number of nitrogens with one attached hydrogen (secondary N) is 1. The molecule has 186 valence electrons. The predicted molar refractivity (Wildman–Crippen MR) is 130 cm³/mol. The molecule has 0 saturated heterocycles. The molecule has 1 saturated carbocycles. The number of anilines is 1. The highest BCUT2D eigenvalue weighted by molar-refractivity contribution is 5.98. The summed E-state index contributed by atoms with van der Waals surface area (Å²) in [6.07, 6.45) is 1.34. The molecule has 4 aromatic rings. The summed E-state index contributed by atoms with van der Waals surface area (Å²) in [5.41, 5.74) is 8.87. The molecule has 0 radical (unpaired) electrons. The number of carbonyl (C=O) groups is 1. The third-order valence-electron chi connectivity index (χ3n) is 6.68. The molecule has 1 fully saturated rings. The third-order valence-corrected chi connectivity index (χ3v) is 6.68. The third kappa shape index (κ3) is 4.50. The number of nitrogens with zero attached hydrogens (tertiary/aromatic N) is 4. The van der Waals surface area contributed by atoms with E-state index in [1.165, 1.54) is 12.4 Å². The number of nitrogens with two attached hydrogens (primary N) is 1. The lowest BCUT2D eigenvalue weighted by atomic mass is 10.0. The minimum absolute atomic E-state index is 0.000780. The van der Waals surface area contributed by atoms with Crippen LogP contribution in [0.5, 0.6) is 0 Å². The summed E-state index contributed by atoms with van der Waals surface area (Å²) < 4.78 is 41.1. The van der Waals surface area contributed by atoms with Gasteiger partial charge in [0.25, 0.3) is 5.91 Å². The molecule has 1 aliphatic carbocycles. The molecule has 0 atom stereocenters. The van der Waals surface area contributed by atoms with Gasteiger partial charge in [-0.05, 0) is 43.0 Å². The Morgan fingerprint density at radius 2 is 1.83 bits per heavy atom. The number of halogens is 3. The van der Waals surface area contributed by atoms with Gasteiger partial charge in [0, 0.05) is 17.7 Å². The number of hydrogen-bond donors (Lipinski definition) is 2. The quantitative estimate of drug-likeness (QED) is 0.385. The molecule has 0 unspecified atom stereocenters. The second-order valence-electron chi connectivity index (χ2n) is 9.10. The number of benzene rings is 2. The summed E-state index contributed by atoms with van der Waals surface area (Å²) >= 11 is 0. The zero-order valence-electron chi connectivity index (χ0n) is 19.6. The van der Waals surface area contributed by atoms with Gasteiger partial charge in [-0.25, -0.2) is 14.6 Å². The van der Waals surface area contributed by atoms with Crippen molar-refractivity contribution in [3.63, 3.8) is 0 Å². The van der Waals surface area contributed by atoms with Crippen LogP contribution in [0, 0.1) is 6.92 Å². The van der Waals surface area contributed by atoms with Crippen LogP contribution in [0.15, 0.2) is 48.8 Å². The molecule has 7 nitrogen and oxygen atoms in total. The van der Waals surface area contributed by atoms with E-state index < -0.39 is 17.6 Å². The van der Waals surface area contributed by atoms with Crippen molar-refractivity contribution < 1.29 is 18.0 Å². The molecule has 3 N–H and O–H groups in total. The maximum atomic E-state index is 13.0. The standard InChI is InChI=1S/C26H25F3N6O/c1-15-6-11-18(26(27,28)29)12-20(15)25(36)31-13-16-7-9-17(10-8-16)22-21-23(30)32-14-33-24(21)35(34-22)19-4-2-3-5-19/h6-12,14,19H,2-5,13H2,1H3,(H,31,36)(H2,30,32,33). The second kappa shape index (κ2) is 9.25. The number of fused-ring (bicyclic) bond motifs is 1. The lowest BCUT2D eigenvalue weighted by molar-refractivity contribution is -0.137. The Balaban J connectivity index is 1.36. The van der Waals surface area contributed by atoms with E-state index in [1.807, 2.05) is 28.9 Å². The maximum Gasteiger partial charge on any atom is 0.416 e. The molecule has 0 aliphatic heterocycles. The van der Waals surface area contributed by atoms with Crippen molar-refractivity contribution in [1.82, 2.24) is 25.1 Å². The van der Waals surface area contributed by atoms with Gasteiger partial charge in [-0.15, -0.1) is 0 Å². The molecular formula is C26H25F3N6O. The first-order chi connectivity index (χ1) is 17.2. The van der Waals surface area contributed by atoms with Crippen molar-refractivity contribution >= 4 is 22.8 Å². The highest BCUT2D eigenvalue weighted by Crippen LogP contribution is 2.36. The fourth-order valence-electron chi connectivity index (χ4n) is 4.70. The van der Waals surface area contributed by atoms with Gasteiger partial charge in [-0.2, -0.15) is 18.3 Å². The number of alkyl halides is 3. The van der Waals surface area contributed by atoms with Crippen molar-refractivity contribution in [3.8, 4) is 11.3 Å². The Morgan fingerprint density at radius 3 is 2.53 bits per heavy atom. The Hall–Kier alpha value is -3.95. The van der Waals surface area contributed by atoms with Crippen LogP contribution in [0.3, 0.4) is 0 Å². The van der Waals surface area contributed by atoms with Crippen molar-refractivity contribution in [2.45, 2.75) is 51.4 Å². The molecule has 2 aromatic heterocycles. The van der Waals surface area contributed by atoms with Crippen LogP contribution < -0.4 is 11.1 Å². The number of aryl methyl sites for hydroxylation is 1. The van der Waals surface area contributed by atoms with Gasteiger partial charge in [0.05, 0.1) is 17.0 Å². The monoisotopic (exact) mass is 494 g/mol. The Bertz CT molecular complexity index is 1420. The molecule has 0 spiro atoms. The molecule has 1 aliphatic rings. The Labute approximate surface area is 205 Å². The first-order valence-electron chi connectivity index (χ1n) is 11.8. The summed E-state index contributed by atoms with van der Waals surface area (Å²) in [6, 6.07) is 10.9. The topological polar surface area (TPSA) is 98.7 Å². The highest BCUT2D eigenvalue weighted by Gasteiger charge is 2.31. The number of hydrogen-bond acceptors (Lipinski definition) is 5.